The lowest BCUT2D eigenvalue weighted by Gasteiger charge is -2.19. The molecule has 1 aliphatic rings. The van der Waals surface area contributed by atoms with Gasteiger partial charge in [-0.25, -0.2) is 13.1 Å². The van der Waals surface area contributed by atoms with Crippen LogP contribution in [0.1, 0.15) is 39.3 Å². The molecule has 5 nitrogen and oxygen atoms in total. The van der Waals surface area contributed by atoms with Gasteiger partial charge >= 0.3 is 0 Å². The van der Waals surface area contributed by atoms with Crippen LogP contribution >= 0.6 is 0 Å². The van der Waals surface area contributed by atoms with E-state index in [0.29, 0.717) is 23.9 Å². The van der Waals surface area contributed by atoms with Gasteiger partial charge in [0.1, 0.15) is 0 Å². The molecule has 20 heavy (non-hydrogen) atoms. The molecule has 0 aliphatic heterocycles. The van der Waals surface area contributed by atoms with Crippen molar-refractivity contribution in [1.82, 2.24) is 15.0 Å². The average molecular weight is 299 g/mol. The number of sulfonamides is 1. The fourth-order valence-electron chi connectivity index (χ4n) is 2.38. The molecule has 1 aliphatic carbocycles. The quantitative estimate of drug-likeness (QED) is 0.686. The van der Waals surface area contributed by atoms with Crippen molar-refractivity contribution in [3.05, 3.63) is 18.0 Å². The van der Waals surface area contributed by atoms with Crippen molar-refractivity contribution in [2.45, 2.75) is 45.1 Å². The van der Waals surface area contributed by atoms with Gasteiger partial charge in [0, 0.05) is 25.0 Å². The van der Waals surface area contributed by atoms with Crippen LogP contribution < -0.4 is 10.0 Å². The monoisotopic (exact) mass is 299 g/mol. The number of rotatable bonds is 8. The summed E-state index contributed by atoms with van der Waals surface area (Å²) in [6.45, 7) is 8.39. The van der Waals surface area contributed by atoms with Crippen LogP contribution in [0.5, 0.6) is 0 Å². The summed E-state index contributed by atoms with van der Waals surface area (Å²) in [4.78, 5) is 3.32. The number of aromatic nitrogens is 1. The predicted octanol–water partition coefficient (Wildman–Crippen LogP) is 1.84. The van der Waals surface area contributed by atoms with Crippen LogP contribution in [0.2, 0.25) is 0 Å². The van der Waals surface area contributed by atoms with Gasteiger partial charge in [0.2, 0.25) is 10.0 Å². The third-order valence-corrected chi connectivity index (χ3v) is 5.70. The Morgan fingerprint density at radius 1 is 1.40 bits per heavy atom. The minimum absolute atomic E-state index is 0.177. The molecule has 0 radical (unpaired) electrons. The maximum atomic E-state index is 12.3. The van der Waals surface area contributed by atoms with Gasteiger partial charge in [0.25, 0.3) is 0 Å². The SMILES string of the molecule is CCNCc1cc(S(=O)(=O)NCC2(C(C)C)CC2)c[nH]1. The molecule has 1 aromatic heterocycles. The predicted molar refractivity (Wildman–Crippen MR) is 79.9 cm³/mol. The van der Waals surface area contributed by atoms with Crippen LogP contribution in [0.4, 0.5) is 0 Å². The Morgan fingerprint density at radius 2 is 2.10 bits per heavy atom. The normalized spacial score (nSPS) is 17.6. The minimum atomic E-state index is -3.40. The zero-order valence-corrected chi connectivity index (χ0v) is 13.3. The average Bonchev–Trinajstić information content (AvgIpc) is 3.05. The lowest BCUT2D eigenvalue weighted by Crippen LogP contribution is -2.32. The van der Waals surface area contributed by atoms with Crippen molar-refractivity contribution in [1.29, 1.82) is 0 Å². The van der Waals surface area contributed by atoms with Gasteiger partial charge in [0.05, 0.1) is 4.90 Å². The van der Waals surface area contributed by atoms with Gasteiger partial charge in [-0.3, -0.25) is 0 Å². The molecule has 1 fully saturated rings. The third-order valence-electron chi connectivity index (χ3n) is 4.32. The Bertz CT molecular complexity index is 545. The fourth-order valence-corrected chi connectivity index (χ4v) is 3.53. The van der Waals surface area contributed by atoms with Gasteiger partial charge < -0.3 is 10.3 Å². The summed E-state index contributed by atoms with van der Waals surface area (Å²) in [5, 5.41) is 3.16. The molecule has 3 N–H and O–H groups in total. The first-order valence-electron chi connectivity index (χ1n) is 7.27. The van der Waals surface area contributed by atoms with Gasteiger partial charge in [-0.15, -0.1) is 0 Å². The number of hydrogen-bond donors (Lipinski definition) is 3. The summed E-state index contributed by atoms with van der Waals surface area (Å²) in [6, 6.07) is 1.69. The van der Waals surface area contributed by atoms with E-state index in [0.717, 1.165) is 25.1 Å². The van der Waals surface area contributed by atoms with Crippen molar-refractivity contribution in [2.75, 3.05) is 13.1 Å². The third kappa shape index (κ3) is 3.42. The van der Waals surface area contributed by atoms with E-state index in [9.17, 15) is 8.42 Å². The van der Waals surface area contributed by atoms with Crippen LogP contribution in [-0.4, -0.2) is 26.5 Å². The van der Waals surface area contributed by atoms with Gasteiger partial charge in [-0.2, -0.15) is 0 Å². The van der Waals surface area contributed by atoms with E-state index in [2.05, 4.69) is 28.9 Å². The first kappa shape index (κ1) is 15.5. The Hall–Kier alpha value is -0.850. The smallest absolute Gasteiger partial charge is 0.242 e. The maximum Gasteiger partial charge on any atom is 0.242 e. The summed E-state index contributed by atoms with van der Waals surface area (Å²) in [5.41, 5.74) is 1.06. The topological polar surface area (TPSA) is 74.0 Å². The molecule has 0 saturated heterocycles. The zero-order chi connectivity index (χ0) is 14.8. The fraction of sp³-hybridized carbons (Fsp3) is 0.714. The first-order chi connectivity index (χ1) is 9.39. The minimum Gasteiger partial charge on any atom is -0.363 e. The second-order valence-electron chi connectivity index (χ2n) is 5.98. The molecule has 114 valence electrons. The molecule has 0 spiro atoms. The van der Waals surface area contributed by atoms with Crippen LogP contribution in [0.3, 0.4) is 0 Å². The number of nitrogens with one attached hydrogen (secondary N) is 3. The van der Waals surface area contributed by atoms with Crippen molar-refractivity contribution in [2.24, 2.45) is 11.3 Å². The van der Waals surface area contributed by atoms with Crippen LogP contribution in [0.15, 0.2) is 17.2 Å². The van der Waals surface area contributed by atoms with Crippen molar-refractivity contribution in [3.8, 4) is 0 Å². The van der Waals surface area contributed by atoms with E-state index >= 15 is 0 Å². The van der Waals surface area contributed by atoms with Gasteiger partial charge in [-0.1, -0.05) is 20.8 Å². The summed E-state index contributed by atoms with van der Waals surface area (Å²) in [7, 11) is -3.40. The summed E-state index contributed by atoms with van der Waals surface area (Å²) in [6.07, 6.45) is 3.79. The molecule has 0 amide bonds. The molecule has 1 saturated carbocycles. The Kier molecular flexibility index (Phi) is 4.56. The van der Waals surface area contributed by atoms with Gasteiger partial charge in [-0.05, 0) is 36.8 Å². The molecule has 0 bridgehead atoms. The van der Waals surface area contributed by atoms with Crippen molar-refractivity contribution in [3.63, 3.8) is 0 Å². The summed E-state index contributed by atoms with van der Waals surface area (Å²) < 4.78 is 27.3. The Balaban J connectivity index is 1.98. The highest BCUT2D eigenvalue weighted by Gasteiger charge is 2.45. The molecule has 6 heteroatoms. The summed E-state index contributed by atoms with van der Waals surface area (Å²) in [5.74, 6) is 0.515. The molecule has 0 aromatic carbocycles. The highest BCUT2D eigenvalue weighted by Crippen LogP contribution is 2.51. The standard InChI is InChI=1S/C14H25N3O2S/c1-4-15-8-12-7-13(9-16-12)20(18,19)17-10-14(5-6-14)11(2)3/h7,9,11,15-17H,4-6,8,10H2,1-3H3. The second kappa shape index (κ2) is 5.87. The molecule has 0 atom stereocenters. The molecule has 0 unspecified atom stereocenters. The van der Waals surface area contributed by atoms with Crippen LogP contribution in [0.25, 0.3) is 0 Å². The highest BCUT2D eigenvalue weighted by molar-refractivity contribution is 7.89. The number of H-pyrrole nitrogens is 1. The lowest BCUT2D eigenvalue weighted by atomic mass is 9.93. The van der Waals surface area contributed by atoms with E-state index in [1.165, 1.54) is 0 Å². The first-order valence-corrected chi connectivity index (χ1v) is 8.75. The van der Waals surface area contributed by atoms with Gasteiger partial charge in [0.15, 0.2) is 0 Å². The molecule has 1 aromatic rings. The van der Waals surface area contributed by atoms with Crippen molar-refractivity contribution >= 4 is 10.0 Å². The highest BCUT2D eigenvalue weighted by atomic mass is 32.2. The number of hydrogen-bond acceptors (Lipinski definition) is 3. The largest absolute Gasteiger partial charge is 0.363 e. The van der Waals surface area contributed by atoms with E-state index in [1.54, 1.807) is 12.3 Å². The summed E-state index contributed by atoms with van der Waals surface area (Å²) >= 11 is 0. The van der Waals surface area contributed by atoms with E-state index in [1.807, 2.05) is 6.92 Å². The molecular formula is C14H25N3O2S. The van der Waals surface area contributed by atoms with E-state index < -0.39 is 10.0 Å². The molecular weight excluding hydrogens is 274 g/mol. The molecule has 1 heterocycles. The number of aromatic amines is 1. The van der Waals surface area contributed by atoms with Crippen molar-refractivity contribution < 1.29 is 8.42 Å². The van der Waals surface area contributed by atoms with E-state index in [4.69, 9.17) is 0 Å². The lowest BCUT2D eigenvalue weighted by molar-refractivity contribution is 0.357. The molecule has 2 rings (SSSR count). The van der Waals surface area contributed by atoms with Crippen LogP contribution in [-0.2, 0) is 16.6 Å². The second-order valence-corrected chi connectivity index (χ2v) is 7.75. The van der Waals surface area contributed by atoms with E-state index in [-0.39, 0.29) is 5.41 Å². The Labute approximate surface area is 121 Å². The maximum absolute atomic E-state index is 12.3. The Morgan fingerprint density at radius 3 is 2.65 bits per heavy atom. The zero-order valence-electron chi connectivity index (χ0n) is 12.5. The van der Waals surface area contributed by atoms with Crippen LogP contribution in [0, 0.1) is 11.3 Å².